The normalized spacial score (nSPS) is 17.3. The van der Waals surface area contributed by atoms with Crippen LogP contribution in [0.2, 0.25) is 0 Å². The summed E-state index contributed by atoms with van der Waals surface area (Å²) in [6, 6.07) is 16.6. The number of nitrogens with zero attached hydrogens (tertiary/aromatic N) is 2. The zero-order valence-corrected chi connectivity index (χ0v) is 25.2. The number of piperidine rings is 1. The van der Waals surface area contributed by atoms with Gasteiger partial charge in [0, 0.05) is 50.0 Å². The molecule has 2 aromatic carbocycles. The van der Waals surface area contributed by atoms with E-state index in [4.69, 9.17) is 4.74 Å². The van der Waals surface area contributed by atoms with Gasteiger partial charge in [0.15, 0.2) is 0 Å². The smallest absolute Gasteiger partial charge is 0.253 e. The molecule has 0 aromatic heterocycles. The number of carbonyl (C=O) groups is 2. The molecule has 2 saturated heterocycles. The maximum Gasteiger partial charge on any atom is 0.253 e. The van der Waals surface area contributed by atoms with Gasteiger partial charge in [-0.15, -0.1) is 0 Å². The van der Waals surface area contributed by atoms with E-state index in [1.165, 1.54) is 5.56 Å². The van der Waals surface area contributed by atoms with Crippen LogP contribution < -0.4 is 15.5 Å². The molecule has 1 unspecified atom stereocenters. The average Bonchev–Trinajstić information content (AvgIpc) is 3.01. The molecule has 7 nitrogen and oxygen atoms in total. The average molecular weight is 563 g/mol. The fraction of sp³-hybridized carbons (Fsp3) is 0.588. The van der Waals surface area contributed by atoms with Crippen LogP contribution in [0.15, 0.2) is 48.5 Å². The van der Waals surface area contributed by atoms with Gasteiger partial charge in [-0.1, -0.05) is 57.0 Å². The number of unbranched alkanes of at least 4 members (excludes halogenated alkanes) is 1. The largest absolute Gasteiger partial charge is 0.379 e. The van der Waals surface area contributed by atoms with Gasteiger partial charge in [0.1, 0.15) is 0 Å². The van der Waals surface area contributed by atoms with Crippen molar-refractivity contribution in [3.05, 3.63) is 59.7 Å². The van der Waals surface area contributed by atoms with E-state index in [1.807, 2.05) is 18.2 Å². The van der Waals surface area contributed by atoms with E-state index in [0.29, 0.717) is 23.7 Å². The highest BCUT2D eigenvalue weighted by molar-refractivity contribution is 6.02. The van der Waals surface area contributed by atoms with Crippen LogP contribution in [-0.2, 0) is 16.0 Å². The molecule has 2 aliphatic rings. The predicted molar refractivity (Wildman–Crippen MR) is 168 cm³/mol. The van der Waals surface area contributed by atoms with Crippen LogP contribution in [0.3, 0.4) is 0 Å². The molecular weight excluding hydrogens is 512 g/mol. The SMILES string of the molecule is CCCCC(CC)C(=O)Nc1ccc(N2CCC(Cc3ccccc3)CC2)c(C(=O)NCCCN2CCOCC2)c1. The molecule has 1 atom stereocenters. The van der Waals surface area contributed by atoms with E-state index in [0.717, 1.165) is 103 Å². The molecule has 2 aromatic rings. The Morgan fingerprint density at radius 1 is 0.976 bits per heavy atom. The number of anilines is 2. The van der Waals surface area contributed by atoms with Crippen molar-refractivity contribution < 1.29 is 14.3 Å². The van der Waals surface area contributed by atoms with Crippen LogP contribution in [0, 0.1) is 11.8 Å². The molecule has 0 bridgehead atoms. The summed E-state index contributed by atoms with van der Waals surface area (Å²) in [5.74, 6) is 0.629. The number of hydrogen-bond donors (Lipinski definition) is 2. The van der Waals surface area contributed by atoms with E-state index in [9.17, 15) is 9.59 Å². The molecular formula is C34H50N4O3. The van der Waals surface area contributed by atoms with Gasteiger partial charge in [-0.05, 0) is 74.8 Å². The lowest BCUT2D eigenvalue weighted by atomic mass is 9.89. The summed E-state index contributed by atoms with van der Waals surface area (Å²) in [4.78, 5) is 31.3. The van der Waals surface area contributed by atoms with Gasteiger partial charge >= 0.3 is 0 Å². The number of amides is 2. The van der Waals surface area contributed by atoms with Crippen LogP contribution in [0.4, 0.5) is 11.4 Å². The van der Waals surface area contributed by atoms with Gasteiger partial charge < -0.3 is 20.3 Å². The minimum absolute atomic E-state index is 0.00395. The summed E-state index contributed by atoms with van der Waals surface area (Å²) >= 11 is 0. The zero-order chi connectivity index (χ0) is 28.9. The fourth-order valence-corrected chi connectivity index (χ4v) is 6.04. The van der Waals surface area contributed by atoms with Crippen molar-refractivity contribution in [3.63, 3.8) is 0 Å². The van der Waals surface area contributed by atoms with Crippen LogP contribution in [-0.4, -0.2) is 69.2 Å². The molecule has 0 radical (unpaired) electrons. The Kier molecular flexibility index (Phi) is 12.5. The van der Waals surface area contributed by atoms with Gasteiger partial charge in [-0.25, -0.2) is 0 Å². The Bertz CT molecular complexity index is 1080. The molecule has 2 N–H and O–H groups in total. The van der Waals surface area contributed by atoms with Gasteiger partial charge in [0.05, 0.1) is 18.8 Å². The summed E-state index contributed by atoms with van der Waals surface area (Å²) in [7, 11) is 0. The van der Waals surface area contributed by atoms with E-state index in [2.05, 4.69) is 64.6 Å². The Morgan fingerprint density at radius 2 is 1.73 bits per heavy atom. The Balaban J connectivity index is 1.41. The third-order valence-corrected chi connectivity index (χ3v) is 8.64. The standard InChI is InChI=1S/C34H50N4O3/c1-3-5-12-29(4-2)33(39)36-30-13-14-32(38-19-15-28(16-20-38)25-27-10-7-6-8-11-27)31(26-30)34(40)35-17-9-18-37-21-23-41-24-22-37/h6-8,10-11,13-14,26,28-29H,3-5,9,12,15-25H2,1-2H3,(H,35,40)(H,36,39). The second-order valence-corrected chi connectivity index (χ2v) is 11.7. The Labute approximate surface area is 247 Å². The van der Waals surface area contributed by atoms with Crippen LogP contribution in [0.5, 0.6) is 0 Å². The van der Waals surface area contributed by atoms with E-state index in [-0.39, 0.29) is 17.7 Å². The minimum Gasteiger partial charge on any atom is -0.379 e. The highest BCUT2D eigenvalue weighted by Gasteiger charge is 2.24. The number of benzene rings is 2. The highest BCUT2D eigenvalue weighted by Crippen LogP contribution is 2.30. The van der Waals surface area contributed by atoms with Crippen molar-refractivity contribution in [2.24, 2.45) is 11.8 Å². The maximum atomic E-state index is 13.6. The molecule has 2 aliphatic heterocycles. The summed E-state index contributed by atoms with van der Waals surface area (Å²) in [5.41, 5.74) is 3.71. The third kappa shape index (κ3) is 9.57. The first-order valence-electron chi connectivity index (χ1n) is 15.9. The zero-order valence-electron chi connectivity index (χ0n) is 25.2. The number of ether oxygens (including phenoxy) is 1. The Hall–Kier alpha value is -2.90. The number of rotatable bonds is 14. The number of hydrogen-bond acceptors (Lipinski definition) is 5. The maximum absolute atomic E-state index is 13.6. The monoisotopic (exact) mass is 562 g/mol. The molecule has 7 heteroatoms. The van der Waals surface area contributed by atoms with Crippen LogP contribution >= 0.6 is 0 Å². The second-order valence-electron chi connectivity index (χ2n) is 11.7. The van der Waals surface area contributed by atoms with E-state index >= 15 is 0 Å². The fourth-order valence-electron chi connectivity index (χ4n) is 6.04. The number of carbonyl (C=O) groups excluding carboxylic acids is 2. The van der Waals surface area contributed by atoms with E-state index in [1.54, 1.807) is 0 Å². The molecule has 0 saturated carbocycles. The quantitative estimate of drug-likeness (QED) is 0.287. The van der Waals surface area contributed by atoms with Gasteiger partial charge in [-0.2, -0.15) is 0 Å². The molecule has 2 amide bonds. The molecule has 224 valence electrons. The summed E-state index contributed by atoms with van der Waals surface area (Å²) in [6.45, 7) is 11.1. The lowest BCUT2D eigenvalue weighted by Gasteiger charge is -2.35. The van der Waals surface area contributed by atoms with Crippen molar-refractivity contribution in [2.75, 3.05) is 62.7 Å². The third-order valence-electron chi connectivity index (χ3n) is 8.64. The minimum atomic E-state index is -0.0671. The van der Waals surface area contributed by atoms with Gasteiger partial charge in [-0.3, -0.25) is 14.5 Å². The van der Waals surface area contributed by atoms with Crippen LogP contribution in [0.25, 0.3) is 0 Å². The first-order chi connectivity index (χ1) is 20.1. The van der Waals surface area contributed by atoms with Gasteiger partial charge in [0.25, 0.3) is 5.91 Å². The molecule has 0 spiro atoms. The lowest BCUT2D eigenvalue weighted by Crippen LogP contribution is -2.38. The van der Waals surface area contributed by atoms with Crippen molar-refractivity contribution in [3.8, 4) is 0 Å². The second kappa shape index (κ2) is 16.5. The molecule has 2 fully saturated rings. The van der Waals surface area contributed by atoms with Crippen molar-refractivity contribution in [1.82, 2.24) is 10.2 Å². The lowest BCUT2D eigenvalue weighted by molar-refractivity contribution is -0.120. The van der Waals surface area contributed by atoms with Crippen LogP contribution in [0.1, 0.15) is 74.7 Å². The topological polar surface area (TPSA) is 73.9 Å². The Morgan fingerprint density at radius 3 is 2.44 bits per heavy atom. The summed E-state index contributed by atoms with van der Waals surface area (Å²) in [5, 5.41) is 6.28. The van der Waals surface area contributed by atoms with E-state index < -0.39 is 0 Å². The summed E-state index contributed by atoms with van der Waals surface area (Å²) in [6.07, 6.45) is 8.04. The van der Waals surface area contributed by atoms with Crippen molar-refractivity contribution in [1.29, 1.82) is 0 Å². The van der Waals surface area contributed by atoms with Gasteiger partial charge in [0.2, 0.25) is 5.91 Å². The number of morpholine rings is 1. The number of nitrogens with one attached hydrogen (secondary N) is 2. The first kappa shape index (κ1) is 31.0. The molecule has 0 aliphatic carbocycles. The molecule has 2 heterocycles. The van der Waals surface area contributed by atoms with Crippen molar-refractivity contribution in [2.45, 2.75) is 65.2 Å². The highest BCUT2D eigenvalue weighted by atomic mass is 16.5. The molecule has 41 heavy (non-hydrogen) atoms. The summed E-state index contributed by atoms with van der Waals surface area (Å²) < 4.78 is 5.44. The first-order valence-corrected chi connectivity index (χ1v) is 15.9. The van der Waals surface area contributed by atoms with Crippen molar-refractivity contribution >= 4 is 23.2 Å². The predicted octanol–water partition coefficient (Wildman–Crippen LogP) is 5.75. The molecule has 4 rings (SSSR count).